The van der Waals surface area contributed by atoms with Gasteiger partial charge < -0.3 is 9.72 Å². The van der Waals surface area contributed by atoms with E-state index in [4.69, 9.17) is 10.00 Å². The summed E-state index contributed by atoms with van der Waals surface area (Å²) >= 11 is 0. The minimum atomic E-state index is 0.119. The summed E-state index contributed by atoms with van der Waals surface area (Å²) in [6.07, 6.45) is 5.60. The molecule has 0 saturated heterocycles. The SMILES string of the molecule is C[C@@H]1C[C@@H](Oc2ccc(C#N)cc2)C[C@@H]1c1nnc2cnc3[nH]ccc3n12. The van der Waals surface area contributed by atoms with Crippen molar-refractivity contribution < 1.29 is 4.74 Å². The molecule has 4 aromatic rings. The highest BCUT2D eigenvalue weighted by atomic mass is 16.5. The standard InChI is InChI=1S/C20H18N6O/c1-12-8-15(27-14-4-2-13(10-21)3-5-14)9-16(12)20-25-24-18-11-23-19-17(26(18)20)6-7-22-19/h2-7,11-12,15-16,22H,8-9H2,1H3/t12-,15-,16+/m1/s1. The minimum absolute atomic E-state index is 0.119. The molecule has 0 unspecified atom stereocenters. The predicted octanol–water partition coefficient (Wildman–Crippen LogP) is 3.44. The van der Waals surface area contributed by atoms with Crippen LogP contribution in [0, 0.1) is 17.2 Å². The van der Waals surface area contributed by atoms with Crippen molar-refractivity contribution in [2.24, 2.45) is 5.92 Å². The van der Waals surface area contributed by atoms with Crippen LogP contribution in [0.1, 0.15) is 37.1 Å². The number of ether oxygens (including phenoxy) is 1. The normalized spacial score (nSPS) is 22.3. The van der Waals surface area contributed by atoms with E-state index in [0.29, 0.717) is 11.5 Å². The highest BCUT2D eigenvalue weighted by Gasteiger charge is 2.36. The maximum absolute atomic E-state index is 8.92. The molecule has 3 heterocycles. The molecule has 1 saturated carbocycles. The number of nitrogens with one attached hydrogen (secondary N) is 1. The minimum Gasteiger partial charge on any atom is -0.490 e. The molecule has 0 aliphatic heterocycles. The molecule has 7 heteroatoms. The van der Waals surface area contributed by atoms with Crippen LogP contribution in [0.2, 0.25) is 0 Å². The van der Waals surface area contributed by atoms with Crippen molar-refractivity contribution in [3.63, 3.8) is 0 Å². The molecule has 3 aromatic heterocycles. The second-order valence-corrected chi connectivity index (χ2v) is 7.15. The first-order chi connectivity index (χ1) is 13.2. The Morgan fingerprint density at radius 3 is 2.85 bits per heavy atom. The quantitative estimate of drug-likeness (QED) is 0.606. The van der Waals surface area contributed by atoms with Gasteiger partial charge in [-0.25, -0.2) is 4.98 Å². The highest BCUT2D eigenvalue weighted by Crippen LogP contribution is 2.41. The number of aromatic nitrogens is 5. The van der Waals surface area contributed by atoms with Crippen LogP contribution in [0.4, 0.5) is 0 Å². The van der Waals surface area contributed by atoms with Crippen molar-refractivity contribution in [1.82, 2.24) is 24.6 Å². The van der Waals surface area contributed by atoms with Crippen LogP contribution in [-0.4, -0.2) is 30.7 Å². The molecule has 1 N–H and O–H groups in total. The molecule has 134 valence electrons. The van der Waals surface area contributed by atoms with Gasteiger partial charge >= 0.3 is 0 Å². The maximum Gasteiger partial charge on any atom is 0.179 e. The topological polar surface area (TPSA) is 91.9 Å². The lowest BCUT2D eigenvalue weighted by atomic mass is 9.97. The molecule has 0 amide bonds. The number of H-pyrrole nitrogens is 1. The Hall–Kier alpha value is -3.40. The monoisotopic (exact) mass is 358 g/mol. The summed E-state index contributed by atoms with van der Waals surface area (Å²) in [7, 11) is 0. The van der Waals surface area contributed by atoms with Gasteiger partial charge in [0.25, 0.3) is 0 Å². The van der Waals surface area contributed by atoms with Crippen LogP contribution in [0.5, 0.6) is 5.75 Å². The van der Waals surface area contributed by atoms with E-state index >= 15 is 0 Å². The molecule has 3 atom stereocenters. The Labute approximate surface area is 155 Å². The van der Waals surface area contributed by atoms with Crippen molar-refractivity contribution in [3.05, 3.63) is 54.1 Å². The number of benzene rings is 1. The van der Waals surface area contributed by atoms with Gasteiger partial charge in [0.05, 0.1) is 29.5 Å². The summed E-state index contributed by atoms with van der Waals surface area (Å²) in [5.41, 5.74) is 3.23. The second kappa shape index (κ2) is 6.09. The third-order valence-corrected chi connectivity index (χ3v) is 5.42. The third kappa shape index (κ3) is 2.61. The lowest BCUT2D eigenvalue weighted by Gasteiger charge is -2.14. The van der Waals surface area contributed by atoms with E-state index in [1.165, 1.54) is 0 Å². The van der Waals surface area contributed by atoms with E-state index in [2.05, 4.69) is 37.6 Å². The molecule has 1 fully saturated rings. The molecule has 7 nitrogen and oxygen atoms in total. The average molecular weight is 358 g/mol. The maximum atomic E-state index is 8.92. The van der Waals surface area contributed by atoms with E-state index in [-0.39, 0.29) is 12.0 Å². The van der Waals surface area contributed by atoms with E-state index in [1.54, 1.807) is 18.3 Å². The number of fused-ring (bicyclic) bond motifs is 3. The Kier molecular flexibility index (Phi) is 3.57. The lowest BCUT2D eigenvalue weighted by molar-refractivity contribution is 0.204. The first-order valence-electron chi connectivity index (χ1n) is 9.07. The fourth-order valence-electron chi connectivity index (χ4n) is 4.09. The Morgan fingerprint density at radius 2 is 2.04 bits per heavy atom. The van der Waals surface area contributed by atoms with Crippen LogP contribution < -0.4 is 4.74 Å². The van der Waals surface area contributed by atoms with Crippen molar-refractivity contribution in [2.45, 2.75) is 31.8 Å². The zero-order chi connectivity index (χ0) is 18.4. The fourth-order valence-corrected chi connectivity index (χ4v) is 4.09. The van der Waals surface area contributed by atoms with E-state index in [9.17, 15) is 0 Å². The molecule has 1 aromatic carbocycles. The number of nitriles is 1. The molecule has 5 rings (SSSR count). The molecule has 1 aliphatic carbocycles. The second-order valence-electron chi connectivity index (χ2n) is 7.15. The Morgan fingerprint density at radius 1 is 1.19 bits per heavy atom. The van der Waals surface area contributed by atoms with Crippen molar-refractivity contribution >= 4 is 16.8 Å². The first-order valence-corrected chi connectivity index (χ1v) is 9.07. The van der Waals surface area contributed by atoms with Gasteiger partial charge in [-0.3, -0.25) is 4.40 Å². The predicted molar refractivity (Wildman–Crippen MR) is 99.4 cm³/mol. The molecule has 27 heavy (non-hydrogen) atoms. The van der Waals surface area contributed by atoms with Gasteiger partial charge in [0.1, 0.15) is 11.6 Å². The zero-order valence-electron chi connectivity index (χ0n) is 14.8. The molecular weight excluding hydrogens is 340 g/mol. The van der Waals surface area contributed by atoms with Gasteiger partial charge in [0, 0.05) is 12.1 Å². The Balaban J connectivity index is 1.43. The number of nitrogens with zero attached hydrogens (tertiary/aromatic N) is 5. The van der Waals surface area contributed by atoms with Crippen molar-refractivity contribution in [2.75, 3.05) is 0 Å². The van der Waals surface area contributed by atoms with E-state index in [0.717, 1.165) is 41.2 Å². The number of hydrogen-bond donors (Lipinski definition) is 1. The third-order valence-electron chi connectivity index (χ3n) is 5.42. The first kappa shape index (κ1) is 15.8. The summed E-state index contributed by atoms with van der Waals surface area (Å²) in [6.45, 7) is 2.24. The smallest absolute Gasteiger partial charge is 0.179 e. The van der Waals surface area contributed by atoms with E-state index in [1.807, 2.05) is 24.4 Å². The molecule has 0 spiro atoms. The van der Waals surface area contributed by atoms with Crippen molar-refractivity contribution in [3.8, 4) is 11.8 Å². The lowest BCUT2D eigenvalue weighted by Crippen LogP contribution is -2.12. The van der Waals surface area contributed by atoms with Gasteiger partial charge in [0.2, 0.25) is 0 Å². The molecular formula is C20H18N6O. The molecule has 0 bridgehead atoms. The van der Waals surface area contributed by atoms with Crippen molar-refractivity contribution in [1.29, 1.82) is 5.26 Å². The summed E-state index contributed by atoms with van der Waals surface area (Å²) < 4.78 is 8.27. The molecule has 0 radical (unpaired) electrons. The Bertz CT molecular complexity index is 1150. The van der Waals surface area contributed by atoms with Crippen LogP contribution in [0.15, 0.2) is 42.7 Å². The summed E-state index contributed by atoms with van der Waals surface area (Å²) in [6, 6.07) is 11.4. The van der Waals surface area contributed by atoms with Crippen LogP contribution in [0.3, 0.4) is 0 Å². The van der Waals surface area contributed by atoms with Crippen LogP contribution in [-0.2, 0) is 0 Å². The van der Waals surface area contributed by atoms with Gasteiger partial charge in [-0.05, 0) is 49.1 Å². The van der Waals surface area contributed by atoms with Crippen LogP contribution >= 0.6 is 0 Å². The number of aromatic amines is 1. The zero-order valence-corrected chi connectivity index (χ0v) is 14.8. The number of hydrogen-bond acceptors (Lipinski definition) is 5. The highest BCUT2D eigenvalue weighted by molar-refractivity contribution is 5.74. The summed E-state index contributed by atoms with van der Waals surface area (Å²) in [4.78, 5) is 7.53. The number of rotatable bonds is 3. The van der Waals surface area contributed by atoms with Gasteiger partial charge in [-0.2, -0.15) is 5.26 Å². The summed E-state index contributed by atoms with van der Waals surface area (Å²) in [5, 5.41) is 17.7. The van der Waals surface area contributed by atoms with E-state index < -0.39 is 0 Å². The van der Waals surface area contributed by atoms with Crippen LogP contribution in [0.25, 0.3) is 16.8 Å². The average Bonchev–Trinajstić information content (AvgIpc) is 3.39. The van der Waals surface area contributed by atoms with Gasteiger partial charge in [0.15, 0.2) is 11.3 Å². The largest absolute Gasteiger partial charge is 0.490 e. The van der Waals surface area contributed by atoms with Gasteiger partial charge in [-0.1, -0.05) is 6.92 Å². The molecule has 1 aliphatic rings. The summed E-state index contributed by atoms with van der Waals surface area (Å²) in [5.74, 6) is 2.47. The fraction of sp³-hybridized carbons (Fsp3) is 0.300. The van der Waals surface area contributed by atoms with Gasteiger partial charge in [-0.15, -0.1) is 10.2 Å².